The molecular weight excluding hydrogens is 178 g/mol. The lowest BCUT2D eigenvalue weighted by Gasteiger charge is -2.32. The predicted molar refractivity (Wildman–Crippen MR) is 56.0 cm³/mol. The summed E-state index contributed by atoms with van der Waals surface area (Å²) in [6.07, 6.45) is 4.68. The molecule has 0 radical (unpaired) electrons. The van der Waals surface area contributed by atoms with Crippen molar-refractivity contribution in [3.63, 3.8) is 0 Å². The summed E-state index contributed by atoms with van der Waals surface area (Å²) in [7, 11) is 1.46. The average molecular weight is 199 g/mol. The van der Waals surface area contributed by atoms with Crippen molar-refractivity contribution in [3.05, 3.63) is 0 Å². The number of ether oxygens (including phenoxy) is 1. The van der Waals surface area contributed by atoms with E-state index < -0.39 is 0 Å². The Balaban J connectivity index is 2.46. The first-order valence-corrected chi connectivity index (χ1v) is 5.53. The van der Waals surface area contributed by atoms with E-state index in [0.717, 1.165) is 6.42 Å². The normalized spacial score (nSPS) is 21.1. The van der Waals surface area contributed by atoms with Gasteiger partial charge in [0.25, 0.3) is 0 Å². The van der Waals surface area contributed by atoms with Crippen LogP contribution < -0.4 is 5.32 Å². The van der Waals surface area contributed by atoms with Crippen LogP contribution in [0.1, 0.15) is 39.5 Å². The quantitative estimate of drug-likeness (QED) is 0.685. The van der Waals surface area contributed by atoms with Crippen LogP contribution in [0.25, 0.3) is 0 Å². The van der Waals surface area contributed by atoms with E-state index in [4.69, 9.17) is 4.74 Å². The Labute approximate surface area is 86.2 Å². The van der Waals surface area contributed by atoms with Crippen molar-refractivity contribution in [2.45, 2.75) is 51.6 Å². The summed E-state index contributed by atoms with van der Waals surface area (Å²) >= 11 is 0. The summed E-state index contributed by atoms with van der Waals surface area (Å²) in [4.78, 5) is 11.5. The maximum absolute atomic E-state index is 11.5. The van der Waals surface area contributed by atoms with Crippen molar-refractivity contribution in [1.29, 1.82) is 0 Å². The molecule has 2 unspecified atom stereocenters. The number of hydrogen-bond donors (Lipinski definition) is 1. The van der Waals surface area contributed by atoms with Crippen LogP contribution in [-0.2, 0) is 9.53 Å². The predicted octanol–water partition coefficient (Wildman–Crippen LogP) is 1.72. The fourth-order valence-corrected chi connectivity index (χ4v) is 1.66. The van der Waals surface area contributed by atoms with Gasteiger partial charge < -0.3 is 10.1 Å². The van der Waals surface area contributed by atoms with Gasteiger partial charge in [-0.25, -0.2) is 0 Å². The maximum atomic E-state index is 11.5. The second-order valence-corrected chi connectivity index (χ2v) is 4.18. The summed E-state index contributed by atoms with van der Waals surface area (Å²) < 4.78 is 4.80. The molecule has 1 fully saturated rings. The molecule has 3 heteroatoms. The third kappa shape index (κ3) is 2.71. The number of methoxy groups -OCH3 is 1. The highest BCUT2D eigenvalue weighted by molar-refractivity contribution is 5.76. The Hall–Kier alpha value is -0.570. The third-order valence-electron chi connectivity index (χ3n) is 3.19. The summed E-state index contributed by atoms with van der Waals surface area (Å²) in [5.41, 5.74) is 0. The second-order valence-electron chi connectivity index (χ2n) is 4.18. The molecule has 1 rings (SSSR count). The van der Waals surface area contributed by atoms with E-state index in [1.54, 1.807) is 0 Å². The van der Waals surface area contributed by atoms with Crippen LogP contribution >= 0.6 is 0 Å². The average Bonchev–Trinajstić information content (AvgIpc) is 2.14. The molecular formula is C11H21NO2. The highest BCUT2D eigenvalue weighted by Crippen LogP contribution is 2.21. The molecule has 0 aromatic rings. The molecule has 0 aromatic heterocycles. The SMILES string of the molecule is CCC(C)C(NC1CCC1)C(=O)OC. The summed E-state index contributed by atoms with van der Waals surface area (Å²) in [6, 6.07) is 0.420. The Kier molecular flexibility index (Phi) is 4.39. The molecule has 1 aliphatic carbocycles. The van der Waals surface area contributed by atoms with Crippen LogP contribution in [0.5, 0.6) is 0 Å². The van der Waals surface area contributed by atoms with Crippen molar-refractivity contribution in [2.24, 2.45) is 5.92 Å². The van der Waals surface area contributed by atoms with Gasteiger partial charge >= 0.3 is 5.97 Å². The Morgan fingerprint density at radius 3 is 2.57 bits per heavy atom. The van der Waals surface area contributed by atoms with Gasteiger partial charge in [-0.15, -0.1) is 0 Å². The molecule has 0 aliphatic heterocycles. The minimum Gasteiger partial charge on any atom is -0.468 e. The largest absolute Gasteiger partial charge is 0.468 e. The number of carbonyl (C=O) groups excluding carboxylic acids is 1. The molecule has 0 spiro atoms. The Morgan fingerprint density at radius 2 is 2.21 bits per heavy atom. The van der Waals surface area contributed by atoms with Gasteiger partial charge in [-0.1, -0.05) is 26.7 Å². The molecule has 14 heavy (non-hydrogen) atoms. The minimum absolute atomic E-state index is 0.115. The molecule has 0 saturated heterocycles. The first-order valence-electron chi connectivity index (χ1n) is 5.53. The van der Waals surface area contributed by atoms with Crippen LogP contribution in [0.2, 0.25) is 0 Å². The smallest absolute Gasteiger partial charge is 0.323 e. The molecule has 1 saturated carbocycles. The van der Waals surface area contributed by atoms with Gasteiger partial charge in [-0.05, 0) is 18.8 Å². The first-order chi connectivity index (χ1) is 6.69. The number of hydrogen-bond acceptors (Lipinski definition) is 3. The van der Waals surface area contributed by atoms with Crippen LogP contribution in [-0.4, -0.2) is 25.2 Å². The van der Waals surface area contributed by atoms with Gasteiger partial charge in [0.1, 0.15) is 6.04 Å². The molecule has 0 aromatic carbocycles. The van der Waals surface area contributed by atoms with Gasteiger partial charge in [-0.2, -0.15) is 0 Å². The van der Waals surface area contributed by atoms with Crippen molar-refractivity contribution >= 4 is 5.97 Å². The van der Waals surface area contributed by atoms with E-state index in [2.05, 4.69) is 19.2 Å². The van der Waals surface area contributed by atoms with E-state index >= 15 is 0 Å². The van der Waals surface area contributed by atoms with Crippen LogP contribution in [0.3, 0.4) is 0 Å². The molecule has 82 valence electrons. The van der Waals surface area contributed by atoms with Gasteiger partial charge in [0.2, 0.25) is 0 Å². The zero-order valence-electron chi connectivity index (χ0n) is 9.38. The molecule has 0 heterocycles. The first kappa shape index (κ1) is 11.5. The van der Waals surface area contributed by atoms with Crippen molar-refractivity contribution in [2.75, 3.05) is 7.11 Å². The number of esters is 1. The number of rotatable bonds is 5. The van der Waals surface area contributed by atoms with E-state index in [-0.39, 0.29) is 12.0 Å². The molecule has 3 nitrogen and oxygen atoms in total. The minimum atomic E-state index is -0.119. The van der Waals surface area contributed by atoms with Gasteiger partial charge in [0.15, 0.2) is 0 Å². The highest BCUT2D eigenvalue weighted by atomic mass is 16.5. The lowest BCUT2D eigenvalue weighted by Crippen LogP contribution is -2.49. The monoisotopic (exact) mass is 199 g/mol. The van der Waals surface area contributed by atoms with Crippen molar-refractivity contribution < 1.29 is 9.53 Å². The molecule has 2 atom stereocenters. The second kappa shape index (κ2) is 5.35. The lowest BCUT2D eigenvalue weighted by atomic mass is 9.90. The zero-order chi connectivity index (χ0) is 10.6. The summed E-state index contributed by atoms with van der Waals surface area (Å²) in [6.45, 7) is 4.19. The van der Waals surface area contributed by atoms with Crippen molar-refractivity contribution in [1.82, 2.24) is 5.32 Å². The Morgan fingerprint density at radius 1 is 1.57 bits per heavy atom. The molecule has 0 amide bonds. The fourth-order valence-electron chi connectivity index (χ4n) is 1.66. The molecule has 0 bridgehead atoms. The zero-order valence-corrected chi connectivity index (χ0v) is 9.38. The maximum Gasteiger partial charge on any atom is 0.323 e. The molecule has 1 aliphatic rings. The Bertz CT molecular complexity index is 190. The van der Waals surface area contributed by atoms with Gasteiger partial charge in [0, 0.05) is 6.04 Å². The fraction of sp³-hybridized carbons (Fsp3) is 0.909. The van der Waals surface area contributed by atoms with E-state index in [1.165, 1.54) is 26.4 Å². The van der Waals surface area contributed by atoms with Gasteiger partial charge in [0.05, 0.1) is 7.11 Å². The number of carbonyl (C=O) groups is 1. The van der Waals surface area contributed by atoms with Crippen molar-refractivity contribution in [3.8, 4) is 0 Å². The highest BCUT2D eigenvalue weighted by Gasteiger charge is 2.29. The van der Waals surface area contributed by atoms with Gasteiger partial charge in [-0.3, -0.25) is 4.79 Å². The summed E-state index contributed by atoms with van der Waals surface area (Å²) in [5, 5.41) is 3.38. The van der Waals surface area contributed by atoms with E-state index in [9.17, 15) is 4.79 Å². The lowest BCUT2D eigenvalue weighted by molar-refractivity contribution is -0.145. The summed E-state index contributed by atoms with van der Waals surface area (Å²) in [5.74, 6) is 0.231. The van der Waals surface area contributed by atoms with Crippen LogP contribution in [0.4, 0.5) is 0 Å². The topological polar surface area (TPSA) is 38.3 Å². The van der Waals surface area contributed by atoms with E-state index in [0.29, 0.717) is 12.0 Å². The van der Waals surface area contributed by atoms with E-state index in [1.807, 2.05) is 0 Å². The standard InChI is InChI=1S/C11H21NO2/c1-4-8(2)10(11(13)14-3)12-9-6-5-7-9/h8-10,12H,4-7H2,1-3H3. The van der Waals surface area contributed by atoms with Crippen LogP contribution in [0.15, 0.2) is 0 Å². The van der Waals surface area contributed by atoms with Crippen LogP contribution in [0, 0.1) is 5.92 Å². The molecule has 1 N–H and O–H groups in total. The third-order valence-corrected chi connectivity index (χ3v) is 3.19. The number of nitrogens with one attached hydrogen (secondary N) is 1.